The summed E-state index contributed by atoms with van der Waals surface area (Å²) in [6.07, 6.45) is 0. The van der Waals surface area contributed by atoms with Gasteiger partial charge in [-0.2, -0.15) is 0 Å². The van der Waals surface area contributed by atoms with E-state index in [1.165, 1.54) is 4.88 Å². The number of methoxy groups -OCH3 is 1. The SMILES string of the molecule is COCCN(C(=S)Nc1cc(Cl)cc(Cl)c1)[C@H](C)c1cccs1. The predicted octanol–water partition coefficient (Wildman–Crippen LogP) is 5.46. The molecule has 0 amide bonds. The quantitative estimate of drug-likeness (QED) is 0.663. The number of nitrogens with zero attached hydrogens (tertiary/aromatic N) is 1. The molecular weight excluding hydrogens is 371 g/mol. The van der Waals surface area contributed by atoms with Crippen molar-refractivity contribution in [2.75, 3.05) is 25.6 Å². The van der Waals surface area contributed by atoms with Crippen LogP contribution in [0.3, 0.4) is 0 Å². The van der Waals surface area contributed by atoms with Gasteiger partial charge in [-0.1, -0.05) is 29.3 Å². The summed E-state index contributed by atoms with van der Waals surface area (Å²) in [7, 11) is 1.68. The lowest BCUT2D eigenvalue weighted by atomic mass is 10.2. The lowest BCUT2D eigenvalue weighted by Crippen LogP contribution is -2.38. The van der Waals surface area contributed by atoms with Crippen molar-refractivity contribution in [1.29, 1.82) is 0 Å². The fourth-order valence-electron chi connectivity index (χ4n) is 2.16. The lowest BCUT2D eigenvalue weighted by molar-refractivity contribution is 0.166. The minimum atomic E-state index is 0.153. The van der Waals surface area contributed by atoms with Crippen LogP contribution >= 0.6 is 46.8 Å². The Morgan fingerprint density at radius 1 is 1.35 bits per heavy atom. The first kappa shape index (κ1) is 18.5. The van der Waals surface area contributed by atoms with Gasteiger partial charge < -0.3 is 15.0 Å². The maximum atomic E-state index is 6.04. The maximum Gasteiger partial charge on any atom is 0.174 e. The molecule has 0 fully saturated rings. The Hall–Kier alpha value is -0.850. The van der Waals surface area contributed by atoms with Gasteiger partial charge in [-0.15, -0.1) is 11.3 Å². The number of hydrogen-bond donors (Lipinski definition) is 1. The summed E-state index contributed by atoms with van der Waals surface area (Å²) in [5, 5.41) is 7.02. The van der Waals surface area contributed by atoms with E-state index < -0.39 is 0 Å². The number of halogens is 2. The van der Waals surface area contributed by atoms with Crippen LogP contribution in [0.25, 0.3) is 0 Å². The summed E-state index contributed by atoms with van der Waals surface area (Å²) < 4.78 is 5.21. The Labute approximate surface area is 156 Å². The van der Waals surface area contributed by atoms with Gasteiger partial charge in [0, 0.05) is 34.3 Å². The molecule has 0 radical (unpaired) electrons. The fourth-order valence-corrected chi connectivity index (χ4v) is 3.85. The molecule has 0 saturated carbocycles. The highest BCUT2D eigenvalue weighted by Gasteiger charge is 2.19. The Balaban J connectivity index is 2.15. The number of ether oxygens (including phenoxy) is 1. The third kappa shape index (κ3) is 5.33. The predicted molar refractivity (Wildman–Crippen MR) is 104 cm³/mol. The van der Waals surface area contributed by atoms with Crippen molar-refractivity contribution in [2.24, 2.45) is 0 Å². The van der Waals surface area contributed by atoms with Gasteiger partial charge in [-0.3, -0.25) is 0 Å². The number of thiocarbonyl (C=S) groups is 1. The molecular formula is C16H18Cl2N2OS2. The molecule has 0 unspecified atom stereocenters. The normalized spacial score (nSPS) is 12.0. The third-order valence-corrected chi connectivity index (χ3v) is 5.15. The molecule has 1 heterocycles. The molecule has 1 aromatic carbocycles. The number of rotatable bonds is 6. The van der Waals surface area contributed by atoms with Crippen molar-refractivity contribution in [1.82, 2.24) is 4.90 Å². The van der Waals surface area contributed by atoms with Gasteiger partial charge in [0.05, 0.1) is 12.6 Å². The highest BCUT2D eigenvalue weighted by molar-refractivity contribution is 7.80. The minimum Gasteiger partial charge on any atom is -0.383 e. The second kappa shape index (κ2) is 8.85. The molecule has 0 aliphatic carbocycles. The topological polar surface area (TPSA) is 24.5 Å². The van der Waals surface area contributed by atoms with E-state index in [0.29, 0.717) is 28.3 Å². The second-order valence-electron chi connectivity index (χ2n) is 4.97. The van der Waals surface area contributed by atoms with Crippen LogP contribution in [0, 0.1) is 0 Å². The first-order valence-electron chi connectivity index (χ1n) is 7.07. The van der Waals surface area contributed by atoms with E-state index >= 15 is 0 Å². The van der Waals surface area contributed by atoms with Crippen LogP contribution in [0.2, 0.25) is 10.0 Å². The van der Waals surface area contributed by atoms with Gasteiger partial charge in [-0.05, 0) is 48.8 Å². The Bertz CT molecular complexity index is 629. The molecule has 0 spiro atoms. The van der Waals surface area contributed by atoms with Gasteiger partial charge in [0.1, 0.15) is 0 Å². The molecule has 0 bridgehead atoms. The Morgan fingerprint density at radius 2 is 2.04 bits per heavy atom. The molecule has 1 atom stereocenters. The van der Waals surface area contributed by atoms with E-state index in [4.69, 9.17) is 40.2 Å². The van der Waals surface area contributed by atoms with Crippen molar-refractivity contribution in [2.45, 2.75) is 13.0 Å². The monoisotopic (exact) mass is 388 g/mol. The first-order chi connectivity index (χ1) is 11.0. The van der Waals surface area contributed by atoms with Crippen molar-refractivity contribution >= 4 is 57.6 Å². The van der Waals surface area contributed by atoms with E-state index in [1.54, 1.807) is 36.6 Å². The summed E-state index contributed by atoms with van der Waals surface area (Å²) in [4.78, 5) is 3.34. The van der Waals surface area contributed by atoms with Crippen LogP contribution in [-0.4, -0.2) is 30.3 Å². The number of benzene rings is 1. The number of nitrogens with one attached hydrogen (secondary N) is 1. The van der Waals surface area contributed by atoms with Crippen LogP contribution in [0.5, 0.6) is 0 Å². The second-order valence-corrected chi connectivity index (χ2v) is 7.20. The Morgan fingerprint density at radius 3 is 2.61 bits per heavy atom. The lowest BCUT2D eigenvalue weighted by Gasteiger charge is -2.31. The van der Waals surface area contributed by atoms with Gasteiger partial charge in [0.2, 0.25) is 0 Å². The molecule has 2 rings (SSSR count). The summed E-state index contributed by atoms with van der Waals surface area (Å²) in [5.41, 5.74) is 0.772. The molecule has 0 aliphatic rings. The molecule has 2 aromatic rings. The van der Waals surface area contributed by atoms with Gasteiger partial charge in [-0.25, -0.2) is 0 Å². The average molecular weight is 389 g/mol. The van der Waals surface area contributed by atoms with Crippen LogP contribution in [0.1, 0.15) is 17.8 Å². The van der Waals surface area contributed by atoms with Crippen molar-refractivity contribution in [3.8, 4) is 0 Å². The van der Waals surface area contributed by atoms with E-state index in [-0.39, 0.29) is 6.04 Å². The highest BCUT2D eigenvalue weighted by Crippen LogP contribution is 2.27. The smallest absolute Gasteiger partial charge is 0.174 e. The molecule has 124 valence electrons. The zero-order chi connectivity index (χ0) is 16.8. The van der Waals surface area contributed by atoms with Crippen molar-refractivity contribution < 1.29 is 4.74 Å². The maximum absolute atomic E-state index is 6.04. The van der Waals surface area contributed by atoms with Crippen LogP contribution in [0.15, 0.2) is 35.7 Å². The average Bonchev–Trinajstić information content (AvgIpc) is 3.00. The largest absolute Gasteiger partial charge is 0.383 e. The molecule has 23 heavy (non-hydrogen) atoms. The number of thiophene rings is 1. The van der Waals surface area contributed by atoms with Crippen LogP contribution in [0.4, 0.5) is 5.69 Å². The van der Waals surface area contributed by atoms with Crippen LogP contribution in [-0.2, 0) is 4.74 Å². The summed E-state index contributed by atoms with van der Waals surface area (Å²) in [6, 6.07) is 9.58. The van der Waals surface area contributed by atoms with E-state index in [9.17, 15) is 0 Å². The third-order valence-electron chi connectivity index (χ3n) is 3.33. The zero-order valence-corrected chi connectivity index (χ0v) is 16.0. The van der Waals surface area contributed by atoms with Crippen molar-refractivity contribution in [3.63, 3.8) is 0 Å². The fraction of sp³-hybridized carbons (Fsp3) is 0.312. The Kier molecular flexibility index (Phi) is 7.11. The summed E-state index contributed by atoms with van der Waals surface area (Å²) in [6.45, 7) is 3.41. The van der Waals surface area contributed by atoms with E-state index in [1.807, 2.05) is 6.07 Å². The number of hydrogen-bond acceptors (Lipinski definition) is 3. The zero-order valence-electron chi connectivity index (χ0n) is 12.9. The first-order valence-corrected chi connectivity index (χ1v) is 9.11. The molecule has 0 aliphatic heterocycles. The highest BCUT2D eigenvalue weighted by atomic mass is 35.5. The molecule has 1 N–H and O–H groups in total. The minimum absolute atomic E-state index is 0.153. The van der Waals surface area contributed by atoms with E-state index in [0.717, 1.165) is 5.69 Å². The molecule has 7 heteroatoms. The molecule has 3 nitrogen and oxygen atoms in total. The molecule has 1 aromatic heterocycles. The number of anilines is 1. The summed E-state index contributed by atoms with van der Waals surface area (Å²) in [5.74, 6) is 0. The standard InChI is InChI=1S/C16H18Cl2N2OS2/c1-11(15-4-3-7-23-15)20(5-6-21-2)16(22)19-14-9-12(17)8-13(18)10-14/h3-4,7-11H,5-6H2,1-2H3,(H,19,22)/t11-/m1/s1. The van der Waals surface area contributed by atoms with Gasteiger partial charge in [0.25, 0.3) is 0 Å². The summed E-state index contributed by atoms with van der Waals surface area (Å²) >= 11 is 19.4. The van der Waals surface area contributed by atoms with Crippen molar-refractivity contribution in [3.05, 3.63) is 50.6 Å². The van der Waals surface area contributed by atoms with Gasteiger partial charge in [0.15, 0.2) is 5.11 Å². The molecule has 0 saturated heterocycles. The van der Waals surface area contributed by atoms with Gasteiger partial charge >= 0.3 is 0 Å². The van der Waals surface area contributed by atoms with Crippen LogP contribution < -0.4 is 5.32 Å². The van der Waals surface area contributed by atoms with E-state index in [2.05, 4.69) is 28.6 Å².